The number of carbonyl (C=O) groups excluding carboxylic acids is 3. The molecule has 62 heavy (non-hydrogen) atoms. The average molecular weight is 833 g/mol. The third-order valence-corrected chi connectivity index (χ3v) is 14.2. The number of hydrogen-bond donors (Lipinski definition) is 1. The number of aromatic nitrogens is 2. The number of imidazole rings is 1. The van der Waals surface area contributed by atoms with Crippen LogP contribution in [-0.2, 0) is 26.0 Å². The monoisotopic (exact) mass is 832 g/mol. The van der Waals surface area contributed by atoms with Gasteiger partial charge in [0, 0.05) is 19.0 Å². The highest BCUT2D eigenvalue weighted by atomic mass is 16.6. The number of nitrogens with one attached hydrogen (secondary N) is 1. The van der Waals surface area contributed by atoms with E-state index in [1.165, 1.54) is 5.57 Å². The predicted molar refractivity (Wildman–Crippen MR) is 241 cm³/mol. The van der Waals surface area contributed by atoms with Crippen molar-refractivity contribution in [1.29, 1.82) is 0 Å². The van der Waals surface area contributed by atoms with Gasteiger partial charge in [-0.2, -0.15) is 0 Å². The van der Waals surface area contributed by atoms with Crippen molar-refractivity contribution in [3.05, 3.63) is 173 Å². The Kier molecular flexibility index (Phi) is 12.9. The third kappa shape index (κ3) is 9.20. The van der Waals surface area contributed by atoms with E-state index in [0.717, 1.165) is 80.5 Å². The lowest BCUT2D eigenvalue weighted by atomic mass is 9.61. The van der Waals surface area contributed by atoms with Crippen molar-refractivity contribution >= 4 is 17.9 Å². The summed E-state index contributed by atoms with van der Waals surface area (Å²) in [6.45, 7) is 11.4. The molecule has 4 aliphatic rings. The zero-order chi connectivity index (χ0) is 43.3. The minimum Gasteiger partial charge on any atom is -0.458 e. The van der Waals surface area contributed by atoms with E-state index in [1.54, 1.807) is 24.3 Å². The predicted octanol–water partition coefficient (Wildman–Crippen LogP) is 11.7. The smallest absolute Gasteiger partial charge is 0.338 e. The van der Waals surface area contributed by atoms with Gasteiger partial charge in [-0.1, -0.05) is 112 Å². The highest BCUT2D eigenvalue weighted by Gasteiger charge is 2.55. The number of H-pyrrole nitrogens is 1. The number of nitrogens with zero attached hydrogens (tertiary/aromatic N) is 1. The quantitative estimate of drug-likeness (QED) is 0.0766. The zero-order valence-corrected chi connectivity index (χ0v) is 36.4. The molecule has 0 spiro atoms. The van der Waals surface area contributed by atoms with Crippen molar-refractivity contribution in [3.8, 4) is 0 Å². The van der Waals surface area contributed by atoms with Gasteiger partial charge in [-0.15, -0.1) is 0 Å². The van der Waals surface area contributed by atoms with Crippen LogP contribution in [0.25, 0.3) is 0 Å². The molecule has 0 amide bonds. The largest absolute Gasteiger partial charge is 0.458 e. The van der Waals surface area contributed by atoms with Crippen LogP contribution in [0.3, 0.4) is 0 Å². The van der Waals surface area contributed by atoms with Gasteiger partial charge in [0.25, 0.3) is 0 Å². The van der Waals surface area contributed by atoms with E-state index in [1.807, 2.05) is 72.9 Å². The summed E-state index contributed by atoms with van der Waals surface area (Å²) < 4.78 is 18.5. The molecule has 8 heteroatoms. The molecule has 7 atom stereocenters. The first kappa shape index (κ1) is 42.9. The first-order chi connectivity index (χ1) is 30.1. The van der Waals surface area contributed by atoms with Gasteiger partial charge in [-0.05, 0) is 128 Å². The maximum Gasteiger partial charge on any atom is 0.338 e. The van der Waals surface area contributed by atoms with Crippen molar-refractivity contribution in [2.75, 3.05) is 0 Å². The fourth-order valence-electron chi connectivity index (χ4n) is 10.6. The molecular weight excluding hydrogens is 773 g/mol. The molecule has 4 saturated carbocycles. The van der Waals surface area contributed by atoms with E-state index in [4.69, 9.17) is 19.2 Å². The van der Waals surface area contributed by atoms with Crippen molar-refractivity contribution < 1.29 is 28.6 Å². The standard InChI is InChI=1S/C54H60N2O6/c1-5-16-43-35-55-52(56-43)54(31-32-54)48(62-51(59)41-21-13-8-14-22-41)29-24-36(2)45-27-28-46-38(23-15-30-53(45,46)4)25-26-42-33-44(60-49(57)39-17-9-6-10-18-39)34-47(37(42)3)61-50(58)40-19-11-7-12-20-40/h6-14,17-22,24-26,29,35-36,44-48H,3,5,15-16,23,27-28,30-34H2,1-2,4H3,(H,55,56)/b29-24+,38-25+,42-26-/t36-,44-,45-,46+,47+,48-,53-/m1/s1. The first-order valence-electron chi connectivity index (χ1n) is 22.7. The Morgan fingerprint density at radius 2 is 1.47 bits per heavy atom. The van der Waals surface area contributed by atoms with Crippen LogP contribution in [0.15, 0.2) is 145 Å². The second-order valence-electron chi connectivity index (χ2n) is 18.2. The van der Waals surface area contributed by atoms with Gasteiger partial charge in [0.15, 0.2) is 0 Å². The lowest BCUT2D eigenvalue weighted by molar-refractivity contribution is 0.00212. The van der Waals surface area contributed by atoms with E-state index in [9.17, 15) is 14.4 Å². The van der Waals surface area contributed by atoms with Crippen LogP contribution in [0, 0.1) is 23.2 Å². The number of carbonyl (C=O) groups is 3. The highest BCUT2D eigenvalue weighted by molar-refractivity contribution is 5.90. The van der Waals surface area contributed by atoms with Gasteiger partial charge in [0.05, 0.1) is 27.8 Å². The van der Waals surface area contributed by atoms with Gasteiger partial charge >= 0.3 is 17.9 Å². The third-order valence-electron chi connectivity index (χ3n) is 14.2. The van der Waals surface area contributed by atoms with Crippen LogP contribution in [0.5, 0.6) is 0 Å². The molecule has 1 N–H and O–H groups in total. The molecule has 4 aliphatic carbocycles. The van der Waals surface area contributed by atoms with Crippen molar-refractivity contribution in [3.63, 3.8) is 0 Å². The highest BCUT2D eigenvalue weighted by Crippen LogP contribution is 2.60. The minimum absolute atomic E-state index is 0.0982. The van der Waals surface area contributed by atoms with E-state index in [0.29, 0.717) is 41.4 Å². The summed E-state index contributed by atoms with van der Waals surface area (Å²) in [5.74, 6) is 0.914. The Hall–Kier alpha value is -5.76. The summed E-state index contributed by atoms with van der Waals surface area (Å²) in [4.78, 5) is 48.5. The lowest BCUT2D eigenvalue weighted by Crippen LogP contribution is -2.36. The number of ether oxygens (including phenoxy) is 3. The molecule has 1 aromatic heterocycles. The number of aryl methyl sites for hydroxylation is 1. The number of allylic oxidation sites excluding steroid dienone is 4. The van der Waals surface area contributed by atoms with Crippen molar-refractivity contribution in [1.82, 2.24) is 9.97 Å². The maximum absolute atomic E-state index is 13.5. The summed E-state index contributed by atoms with van der Waals surface area (Å²) in [7, 11) is 0. The van der Waals surface area contributed by atoms with Crippen LogP contribution in [0.1, 0.15) is 128 Å². The Bertz CT molecular complexity index is 2320. The summed E-state index contributed by atoms with van der Waals surface area (Å²) in [5, 5.41) is 0. The van der Waals surface area contributed by atoms with Gasteiger partial charge in [0.2, 0.25) is 0 Å². The zero-order valence-electron chi connectivity index (χ0n) is 36.4. The van der Waals surface area contributed by atoms with Crippen LogP contribution < -0.4 is 0 Å². The van der Waals surface area contributed by atoms with Crippen molar-refractivity contribution in [2.45, 2.75) is 115 Å². The molecule has 1 heterocycles. The van der Waals surface area contributed by atoms with Crippen molar-refractivity contribution in [2.24, 2.45) is 23.2 Å². The van der Waals surface area contributed by atoms with Crippen LogP contribution >= 0.6 is 0 Å². The number of hydrogen-bond acceptors (Lipinski definition) is 7. The minimum atomic E-state index is -0.633. The van der Waals surface area contributed by atoms with Crippen LogP contribution in [0.2, 0.25) is 0 Å². The Morgan fingerprint density at radius 3 is 2.10 bits per heavy atom. The number of benzene rings is 3. The SMILES string of the molecule is C=C1/C(=C\C=C2/CCC[C@]3(C)[C@@H]([C@H](C)/C=C/[C@@H](OC(=O)c4ccccc4)C4(c5nc(CCC)c[nH]5)CC4)CC[C@@H]23)C[C@@H](OC(=O)c2ccccc2)C[C@@H]1OC(=O)c1ccccc1. The second-order valence-corrected chi connectivity index (χ2v) is 18.2. The van der Waals surface area contributed by atoms with Crippen LogP contribution in [-0.4, -0.2) is 46.2 Å². The number of rotatable bonds is 14. The Balaban J connectivity index is 1.01. The molecule has 0 saturated heterocycles. The topological polar surface area (TPSA) is 108 Å². The molecular formula is C54H60N2O6. The van der Waals surface area contributed by atoms with Gasteiger partial charge in [0.1, 0.15) is 24.1 Å². The molecule has 4 fully saturated rings. The number of esters is 3. The molecule has 322 valence electrons. The maximum atomic E-state index is 13.5. The van der Waals surface area contributed by atoms with E-state index in [2.05, 4.69) is 56.6 Å². The lowest BCUT2D eigenvalue weighted by Gasteiger charge is -2.44. The molecule has 8 nitrogen and oxygen atoms in total. The fourth-order valence-corrected chi connectivity index (χ4v) is 10.6. The second kappa shape index (κ2) is 18.7. The summed E-state index contributed by atoms with van der Waals surface area (Å²) in [5.41, 5.74) is 5.40. The van der Waals surface area contributed by atoms with Crippen LogP contribution in [0.4, 0.5) is 0 Å². The molecule has 0 radical (unpaired) electrons. The summed E-state index contributed by atoms with van der Waals surface area (Å²) in [6.07, 6.45) is 19.4. The van der Waals surface area contributed by atoms with Gasteiger partial charge in [-0.25, -0.2) is 19.4 Å². The molecule has 3 aromatic carbocycles. The Labute approximate surface area is 366 Å². The first-order valence-corrected chi connectivity index (χ1v) is 22.7. The summed E-state index contributed by atoms with van der Waals surface area (Å²) >= 11 is 0. The van der Waals surface area contributed by atoms with E-state index in [-0.39, 0.29) is 22.7 Å². The fraction of sp³-hybridized carbons (Fsp3) is 0.407. The Morgan fingerprint density at radius 1 is 0.839 bits per heavy atom. The molecule has 4 aromatic rings. The number of aromatic amines is 1. The molecule has 0 bridgehead atoms. The molecule has 0 aliphatic heterocycles. The normalized spacial score (nSPS) is 26.5. The number of fused-ring (bicyclic) bond motifs is 1. The molecule has 8 rings (SSSR count). The van der Waals surface area contributed by atoms with E-state index < -0.39 is 30.3 Å². The summed E-state index contributed by atoms with van der Waals surface area (Å²) in [6, 6.07) is 27.2. The molecule has 0 unspecified atom stereocenters. The van der Waals surface area contributed by atoms with E-state index >= 15 is 0 Å². The average Bonchev–Trinajstić information content (AvgIpc) is 3.82. The van der Waals surface area contributed by atoms with Gasteiger partial charge < -0.3 is 19.2 Å². The van der Waals surface area contributed by atoms with Gasteiger partial charge in [-0.3, -0.25) is 0 Å².